The van der Waals surface area contributed by atoms with Gasteiger partial charge in [-0.05, 0) is 50.8 Å². The summed E-state index contributed by atoms with van der Waals surface area (Å²) >= 11 is 0. The lowest BCUT2D eigenvalue weighted by atomic mass is 10.1. The van der Waals surface area contributed by atoms with E-state index < -0.39 is 0 Å². The van der Waals surface area contributed by atoms with E-state index in [2.05, 4.69) is 24.5 Å². The minimum absolute atomic E-state index is 0.0750. The van der Waals surface area contributed by atoms with Crippen LogP contribution in [0.3, 0.4) is 0 Å². The number of aryl methyl sites for hydroxylation is 1. The van der Waals surface area contributed by atoms with Gasteiger partial charge in [-0.2, -0.15) is 0 Å². The number of nitrogens with zero attached hydrogens (tertiary/aromatic N) is 1. The molecule has 2 N–H and O–H groups in total. The van der Waals surface area contributed by atoms with Crippen LogP contribution in [0.2, 0.25) is 0 Å². The molecule has 1 aliphatic heterocycles. The van der Waals surface area contributed by atoms with Gasteiger partial charge in [-0.25, -0.2) is 4.79 Å². The molecule has 0 spiro atoms. The summed E-state index contributed by atoms with van der Waals surface area (Å²) < 4.78 is 0. The number of carbonyl (C=O) groups excluding carboxylic acids is 2. The molecule has 22 heavy (non-hydrogen) atoms. The monoisotopic (exact) mass is 303 g/mol. The van der Waals surface area contributed by atoms with Gasteiger partial charge >= 0.3 is 6.03 Å². The Kier molecular flexibility index (Phi) is 5.06. The number of carbonyl (C=O) groups is 2. The molecule has 1 aromatic rings. The zero-order valence-corrected chi connectivity index (χ0v) is 13.8. The van der Waals surface area contributed by atoms with Gasteiger partial charge in [0.05, 0.1) is 0 Å². The number of likely N-dealkylation sites (tertiary alicyclic amines) is 1. The van der Waals surface area contributed by atoms with Gasteiger partial charge in [0.1, 0.15) is 0 Å². The van der Waals surface area contributed by atoms with Crippen LogP contribution in [0.5, 0.6) is 0 Å². The second-order valence-corrected chi connectivity index (χ2v) is 5.93. The first-order valence-corrected chi connectivity index (χ1v) is 7.90. The third-order valence-corrected chi connectivity index (χ3v) is 4.46. The Labute approximate surface area is 132 Å². The van der Waals surface area contributed by atoms with Gasteiger partial charge in [-0.3, -0.25) is 4.79 Å². The molecule has 120 valence electrons. The summed E-state index contributed by atoms with van der Waals surface area (Å²) in [5, 5.41) is 5.57. The smallest absolute Gasteiger partial charge is 0.322 e. The summed E-state index contributed by atoms with van der Waals surface area (Å²) in [6.07, 6.45) is 3.07. The lowest BCUT2D eigenvalue weighted by molar-refractivity contribution is 0.0963. The second kappa shape index (κ2) is 6.81. The van der Waals surface area contributed by atoms with Crippen LogP contribution in [0.15, 0.2) is 18.2 Å². The summed E-state index contributed by atoms with van der Waals surface area (Å²) in [6, 6.07) is 5.83. The van der Waals surface area contributed by atoms with Crippen molar-refractivity contribution < 1.29 is 9.59 Å². The number of amides is 3. The van der Waals surface area contributed by atoms with Gasteiger partial charge in [-0.15, -0.1) is 0 Å². The highest BCUT2D eigenvalue weighted by atomic mass is 16.2. The summed E-state index contributed by atoms with van der Waals surface area (Å²) in [5.74, 6) is -0.156. The summed E-state index contributed by atoms with van der Waals surface area (Å²) in [4.78, 5) is 26.3. The van der Waals surface area contributed by atoms with Gasteiger partial charge in [0.15, 0.2) is 0 Å². The largest absolute Gasteiger partial charge is 0.355 e. The molecule has 1 saturated heterocycles. The van der Waals surface area contributed by atoms with Crippen molar-refractivity contribution in [2.45, 2.75) is 52.1 Å². The molecular formula is C17H25N3O2. The molecule has 0 unspecified atom stereocenters. The SMILES string of the molecule is CC[C@H]1CC[C@@H](C)N1C(=O)Nc1cc(C(=O)NC)ccc1C. The Morgan fingerprint density at radius 2 is 2.05 bits per heavy atom. The predicted octanol–water partition coefficient (Wildman–Crippen LogP) is 3.15. The molecule has 0 bridgehead atoms. The van der Waals surface area contributed by atoms with Crippen molar-refractivity contribution in [2.75, 3.05) is 12.4 Å². The van der Waals surface area contributed by atoms with E-state index in [0.29, 0.717) is 17.3 Å². The second-order valence-electron chi connectivity index (χ2n) is 5.93. The van der Waals surface area contributed by atoms with Gasteiger partial charge in [-0.1, -0.05) is 13.0 Å². The zero-order chi connectivity index (χ0) is 16.3. The molecule has 2 rings (SSSR count). The van der Waals surface area contributed by atoms with E-state index in [1.54, 1.807) is 19.2 Å². The van der Waals surface area contributed by atoms with Gasteiger partial charge < -0.3 is 15.5 Å². The molecular weight excluding hydrogens is 278 g/mol. The van der Waals surface area contributed by atoms with Crippen molar-refractivity contribution >= 4 is 17.6 Å². The van der Waals surface area contributed by atoms with Crippen molar-refractivity contribution in [3.8, 4) is 0 Å². The fourth-order valence-corrected chi connectivity index (χ4v) is 3.06. The highest BCUT2D eigenvalue weighted by molar-refractivity contribution is 5.97. The van der Waals surface area contributed by atoms with E-state index in [1.165, 1.54) is 0 Å². The molecule has 0 radical (unpaired) electrons. The van der Waals surface area contributed by atoms with E-state index >= 15 is 0 Å². The number of hydrogen-bond donors (Lipinski definition) is 2. The van der Waals surface area contributed by atoms with Crippen LogP contribution < -0.4 is 10.6 Å². The summed E-state index contributed by atoms with van der Waals surface area (Å²) in [7, 11) is 1.60. The van der Waals surface area contributed by atoms with Crippen molar-refractivity contribution in [1.29, 1.82) is 0 Å². The van der Waals surface area contributed by atoms with E-state index in [9.17, 15) is 9.59 Å². The van der Waals surface area contributed by atoms with Crippen molar-refractivity contribution in [2.24, 2.45) is 0 Å². The van der Waals surface area contributed by atoms with Gasteiger partial charge in [0.2, 0.25) is 0 Å². The first-order valence-electron chi connectivity index (χ1n) is 7.90. The number of anilines is 1. The van der Waals surface area contributed by atoms with E-state index in [0.717, 1.165) is 24.8 Å². The number of urea groups is 1. The Hall–Kier alpha value is -2.04. The standard InChI is InChI=1S/C17H25N3O2/c1-5-14-9-7-12(3)20(14)17(22)19-15-10-13(16(21)18-4)8-6-11(15)2/h6,8,10,12,14H,5,7,9H2,1-4H3,(H,18,21)(H,19,22)/t12-,14+/m1/s1. The maximum Gasteiger partial charge on any atom is 0.322 e. The third kappa shape index (κ3) is 3.24. The Balaban J connectivity index is 2.19. The fraction of sp³-hybridized carbons (Fsp3) is 0.529. The van der Waals surface area contributed by atoms with Crippen molar-refractivity contribution in [1.82, 2.24) is 10.2 Å². The van der Waals surface area contributed by atoms with E-state index in [4.69, 9.17) is 0 Å². The van der Waals surface area contributed by atoms with Crippen molar-refractivity contribution in [3.63, 3.8) is 0 Å². The van der Waals surface area contributed by atoms with Crippen LogP contribution in [-0.2, 0) is 0 Å². The minimum atomic E-state index is -0.156. The average Bonchev–Trinajstić information content (AvgIpc) is 2.89. The van der Waals surface area contributed by atoms with E-state index in [-0.39, 0.29) is 18.0 Å². The van der Waals surface area contributed by atoms with Crippen molar-refractivity contribution in [3.05, 3.63) is 29.3 Å². The number of rotatable bonds is 3. The molecule has 3 amide bonds. The van der Waals surface area contributed by atoms with Crippen LogP contribution in [0.4, 0.5) is 10.5 Å². The van der Waals surface area contributed by atoms with Gasteiger partial charge in [0.25, 0.3) is 5.91 Å². The molecule has 1 heterocycles. The van der Waals surface area contributed by atoms with Crippen LogP contribution in [-0.4, -0.2) is 36.0 Å². The maximum absolute atomic E-state index is 12.6. The fourth-order valence-electron chi connectivity index (χ4n) is 3.06. The highest BCUT2D eigenvalue weighted by Gasteiger charge is 2.33. The molecule has 1 aliphatic rings. The molecule has 2 atom stereocenters. The number of benzene rings is 1. The first kappa shape index (κ1) is 16.3. The quantitative estimate of drug-likeness (QED) is 0.901. The van der Waals surface area contributed by atoms with Crippen LogP contribution in [0, 0.1) is 6.92 Å². The summed E-state index contributed by atoms with van der Waals surface area (Å²) in [5.41, 5.74) is 2.19. The van der Waals surface area contributed by atoms with E-state index in [1.807, 2.05) is 17.9 Å². The normalized spacial score (nSPS) is 20.8. The topological polar surface area (TPSA) is 61.4 Å². The maximum atomic E-state index is 12.6. The number of nitrogens with one attached hydrogen (secondary N) is 2. The molecule has 1 fully saturated rings. The molecule has 5 nitrogen and oxygen atoms in total. The molecule has 5 heteroatoms. The zero-order valence-electron chi connectivity index (χ0n) is 13.8. The van der Waals surface area contributed by atoms with Crippen LogP contribution >= 0.6 is 0 Å². The Morgan fingerprint density at radius 1 is 1.32 bits per heavy atom. The Morgan fingerprint density at radius 3 is 2.68 bits per heavy atom. The molecule has 0 saturated carbocycles. The van der Waals surface area contributed by atoms with Gasteiger partial charge in [0, 0.05) is 30.4 Å². The third-order valence-electron chi connectivity index (χ3n) is 4.46. The highest BCUT2D eigenvalue weighted by Crippen LogP contribution is 2.27. The van der Waals surface area contributed by atoms with Crippen LogP contribution in [0.25, 0.3) is 0 Å². The summed E-state index contributed by atoms with van der Waals surface area (Å²) in [6.45, 7) is 6.12. The molecule has 1 aromatic carbocycles. The Bertz CT molecular complexity index is 571. The molecule has 0 aromatic heterocycles. The predicted molar refractivity (Wildman–Crippen MR) is 88.2 cm³/mol. The molecule has 0 aliphatic carbocycles. The number of hydrogen-bond acceptors (Lipinski definition) is 2. The lowest BCUT2D eigenvalue weighted by Gasteiger charge is -2.28. The average molecular weight is 303 g/mol. The first-order chi connectivity index (χ1) is 10.5. The van der Waals surface area contributed by atoms with Crippen LogP contribution in [0.1, 0.15) is 49.0 Å². The minimum Gasteiger partial charge on any atom is -0.355 e. The lowest BCUT2D eigenvalue weighted by Crippen LogP contribution is -2.42.